The number of rotatable bonds is 5. The van der Waals surface area contributed by atoms with E-state index < -0.39 is 5.60 Å². The Morgan fingerprint density at radius 1 is 1.20 bits per heavy atom. The Labute approximate surface area is 155 Å². The van der Waals surface area contributed by atoms with Gasteiger partial charge < -0.3 is 10.1 Å². The number of pyridine rings is 1. The summed E-state index contributed by atoms with van der Waals surface area (Å²) in [7, 11) is 0. The number of benzene rings is 1. The first-order valence-corrected chi connectivity index (χ1v) is 8.72. The third kappa shape index (κ3) is 6.66. The minimum atomic E-state index is -0.525. The first-order chi connectivity index (χ1) is 11.7. The summed E-state index contributed by atoms with van der Waals surface area (Å²) >= 11 is 3.37. The fourth-order valence-corrected chi connectivity index (χ4v) is 2.57. The number of amides is 1. The van der Waals surface area contributed by atoms with Gasteiger partial charge in [0, 0.05) is 16.2 Å². The monoisotopic (exact) mass is 404 g/mol. The number of carbonyl (C=O) groups excluding carboxylic acids is 2. The summed E-state index contributed by atoms with van der Waals surface area (Å²) in [4.78, 5) is 28.4. The number of aromatic nitrogens is 1. The minimum absolute atomic E-state index is 0.131. The van der Waals surface area contributed by atoms with Crippen LogP contribution in [0.1, 0.15) is 42.4 Å². The maximum Gasteiger partial charge on any atom is 0.310 e. The summed E-state index contributed by atoms with van der Waals surface area (Å²) in [6.07, 6.45) is 1.80. The zero-order valence-electron chi connectivity index (χ0n) is 14.5. The van der Waals surface area contributed by atoms with Gasteiger partial charge in [0.1, 0.15) is 5.60 Å². The molecule has 0 aliphatic rings. The molecule has 0 aliphatic carbocycles. The molecule has 0 saturated heterocycles. The molecule has 1 N–H and O–H groups in total. The Bertz CT molecular complexity index is 769. The zero-order valence-corrected chi connectivity index (χ0v) is 16.1. The lowest BCUT2D eigenvalue weighted by Crippen LogP contribution is -2.25. The average molecular weight is 405 g/mol. The van der Waals surface area contributed by atoms with Crippen LogP contribution in [-0.4, -0.2) is 22.5 Å². The van der Waals surface area contributed by atoms with Crippen LogP contribution in [0.15, 0.2) is 47.1 Å². The van der Waals surface area contributed by atoms with E-state index in [-0.39, 0.29) is 18.3 Å². The predicted octanol–water partition coefficient (Wildman–Crippen LogP) is 3.66. The van der Waals surface area contributed by atoms with Gasteiger partial charge in [-0.2, -0.15) is 0 Å². The second-order valence-corrected chi connectivity index (χ2v) is 7.53. The molecule has 2 rings (SSSR count). The molecule has 1 amide bonds. The lowest BCUT2D eigenvalue weighted by molar-refractivity contribution is -0.153. The summed E-state index contributed by atoms with van der Waals surface area (Å²) in [6.45, 7) is 5.80. The molecule has 0 bridgehead atoms. The Morgan fingerprint density at radius 3 is 2.64 bits per heavy atom. The fraction of sp³-hybridized carbons (Fsp3) is 0.316. The van der Waals surface area contributed by atoms with Gasteiger partial charge in [-0.3, -0.25) is 14.6 Å². The molecule has 0 unspecified atom stereocenters. The van der Waals surface area contributed by atoms with Crippen LogP contribution in [0, 0.1) is 0 Å². The molecule has 1 aromatic carbocycles. The Balaban J connectivity index is 1.97. The van der Waals surface area contributed by atoms with Gasteiger partial charge in [-0.25, -0.2) is 0 Å². The Morgan fingerprint density at radius 2 is 1.96 bits per heavy atom. The van der Waals surface area contributed by atoms with Crippen LogP contribution in [-0.2, 0) is 22.5 Å². The molecule has 0 fully saturated rings. The van der Waals surface area contributed by atoms with Crippen molar-refractivity contribution in [3.05, 3.63) is 63.9 Å². The van der Waals surface area contributed by atoms with Gasteiger partial charge in [-0.1, -0.05) is 28.1 Å². The van der Waals surface area contributed by atoms with E-state index in [1.54, 1.807) is 30.5 Å². The highest BCUT2D eigenvalue weighted by Gasteiger charge is 2.17. The van der Waals surface area contributed by atoms with E-state index in [1.807, 2.05) is 32.9 Å². The van der Waals surface area contributed by atoms with E-state index in [9.17, 15) is 9.59 Å². The highest BCUT2D eigenvalue weighted by Crippen LogP contribution is 2.12. The molecule has 0 saturated carbocycles. The minimum Gasteiger partial charge on any atom is -0.460 e. The number of esters is 1. The summed E-state index contributed by atoms with van der Waals surface area (Å²) in [6, 6.07) is 10.6. The van der Waals surface area contributed by atoms with Crippen LogP contribution in [0.4, 0.5) is 0 Å². The normalized spacial score (nSPS) is 11.0. The van der Waals surface area contributed by atoms with Crippen LogP contribution in [0.2, 0.25) is 0 Å². The lowest BCUT2D eigenvalue weighted by Gasteiger charge is -2.19. The first kappa shape index (κ1) is 19.1. The molecule has 2 aromatic rings. The molecule has 5 nitrogen and oxygen atoms in total. The van der Waals surface area contributed by atoms with Crippen molar-refractivity contribution in [2.45, 2.75) is 39.3 Å². The van der Waals surface area contributed by atoms with Gasteiger partial charge >= 0.3 is 5.97 Å². The smallest absolute Gasteiger partial charge is 0.310 e. The van der Waals surface area contributed by atoms with Gasteiger partial charge in [0.15, 0.2) is 0 Å². The van der Waals surface area contributed by atoms with E-state index in [0.717, 1.165) is 15.7 Å². The summed E-state index contributed by atoms with van der Waals surface area (Å²) in [5.41, 5.74) is 1.47. The van der Waals surface area contributed by atoms with Gasteiger partial charge in [0.05, 0.1) is 18.7 Å². The Hall–Kier alpha value is -2.21. The topological polar surface area (TPSA) is 68.3 Å². The quantitative estimate of drug-likeness (QED) is 0.771. The van der Waals surface area contributed by atoms with Crippen molar-refractivity contribution >= 4 is 27.8 Å². The standard InChI is InChI=1S/C19H21BrN2O3/c1-19(2,3)25-17(23)10-13-5-4-6-14(9-13)18(24)22-12-16-11-15(20)7-8-21-16/h4-9,11H,10,12H2,1-3H3,(H,22,24). The van der Waals surface area contributed by atoms with Gasteiger partial charge in [0.25, 0.3) is 5.91 Å². The van der Waals surface area contributed by atoms with Gasteiger partial charge in [-0.05, 0) is 50.6 Å². The molecule has 0 aliphatic heterocycles. The zero-order chi connectivity index (χ0) is 18.4. The molecule has 1 heterocycles. The predicted molar refractivity (Wildman–Crippen MR) is 99.1 cm³/mol. The largest absolute Gasteiger partial charge is 0.460 e. The maximum absolute atomic E-state index is 12.3. The van der Waals surface area contributed by atoms with Crippen molar-refractivity contribution in [1.82, 2.24) is 10.3 Å². The lowest BCUT2D eigenvalue weighted by atomic mass is 10.1. The third-order valence-electron chi connectivity index (χ3n) is 3.17. The van der Waals surface area contributed by atoms with Crippen LogP contribution in [0.5, 0.6) is 0 Å². The molecule has 0 atom stereocenters. The summed E-state index contributed by atoms with van der Waals surface area (Å²) < 4.78 is 6.21. The van der Waals surface area contributed by atoms with Crippen molar-refractivity contribution in [1.29, 1.82) is 0 Å². The second kappa shape index (κ2) is 8.25. The van der Waals surface area contributed by atoms with E-state index in [1.165, 1.54) is 0 Å². The van der Waals surface area contributed by atoms with Crippen LogP contribution in [0.3, 0.4) is 0 Å². The molecule has 1 aromatic heterocycles. The van der Waals surface area contributed by atoms with Gasteiger partial charge in [0.2, 0.25) is 0 Å². The number of nitrogens with zero attached hydrogens (tertiary/aromatic N) is 1. The third-order valence-corrected chi connectivity index (χ3v) is 3.66. The highest BCUT2D eigenvalue weighted by molar-refractivity contribution is 9.10. The van der Waals surface area contributed by atoms with Crippen molar-refractivity contribution in [2.24, 2.45) is 0 Å². The van der Waals surface area contributed by atoms with Crippen LogP contribution < -0.4 is 5.32 Å². The van der Waals surface area contributed by atoms with Crippen molar-refractivity contribution < 1.29 is 14.3 Å². The van der Waals surface area contributed by atoms with Crippen molar-refractivity contribution in [3.8, 4) is 0 Å². The number of carbonyl (C=O) groups is 2. The number of nitrogens with one attached hydrogen (secondary N) is 1. The molecular weight excluding hydrogens is 384 g/mol. The SMILES string of the molecule is CC(C)(C)OC(=O)Cc1cccc(C(=O)NCc2cc(Br)ccn2)c1. The van der Waals surface area contributed by atoms with E-state index >= 15 is 0 Å². The van der Waals surface area contributed by atoms with E-state index in [4.69, 9.17) is 4.74 Å². The number of ether oxygens (including phenoxy) is 1. The second-order valence-electron chi connectivity index (χ2n) is 6.61. The first-order valence-electron chi connectivity index (χ1n) is 7.92. The fourth-order valence-electron chi connectivity index (χ4n) is 2.19. The maximum atomic E-state index is 12.3. The Kier molecular flexibility index (Phi) is 6.31. The molecule has 0 radical (unpaired) electrons. The van der Waals surface area contributed by atoms with Gasteiger partial charge in [-0.15, -0.1) is 0 Å². The van der Waals surface area contributed by atoms with Crippen molar-refractivity contribution in [2.75, 3.05) is 0 Å². The number of hydrogen-bond acceptors (Lipinski definition) is 4. The molecule has 132 valence electrons. The summed E-state index contributed by atoms with van der Waals surface area (Å²) in [5, 5.41) is 2.82. The average Bonchev–Trinajstić information content (AvgIpc) is 2.51. The number of hydrogen-bond donors (Lipinski definition) is 1. The molecule has 0 spiro atoms. The van der Waals surface area contributed by atoms with E-state index in [0.29, 0.717) is 12.1 Å². The van der Waals surface area contributed by atoms with Crippen LogP contribution >= 0.6 is 15.9 Å². The number of halogens is 1. The van der Waals surface area contributed by atoms with Crippen molar-refractivity contribution in [3.63, 3.8) is 0 Å². The molecule has 6 heteroatoms. The summed E-state index contributed by atoms with van der Waals surface area (Å²) in [5.74, 6) is -0.531. The molecule has 25 heavy (non-hydrogen) atoms. The highest BCUT2D eigenvalue weighted by atomic mass is 79.9. The molecular formula is C19H21BrN2O3. The van der Waals surface area contributed by atoms with Crippen LogP contribution in [0.25, 0.3) is 0 Å². The van der Waals surface area contributed by atoms with E-state index in [2.05, 4.69) is 26.2 Å².